The van der Waals surface area contributed by atoms with E-state index in [0.717, 1.165) is 12.0 Å². The predicted octanol–water partition coefficient (Wildman–Crippen LogP) is 4.38. The molecule has 0 saturated heterocycles. The van der Waals surface area contributed by atoms with Crippen molar-refractivity contribution in [3.8, 4) is 0 Å². The van der Waals surface area contributed by atoms with Gasteiger partial charge in [-0.3, -0.25) is 4.79 Å². The highest BCUT2D eigenvalue weighted by Gasteiger charge is 2.33. The van der Waals surface area contributed by atoms with Crippen LogP contribution in [0.1, 0.15) is 38.9 Å². The van der Waals surface area contributed by atoms with E-state index in [2.05, 4.69) is 49.4 Å². The zero-order valence-electron chi connectivity index (χ0n) is 13.6. The monoisotopic (exact) mass is 317 g/mol. The highest BCUT2D eigenvalue weighted by molar-refractivity contribution is 5.92. The normalized spacial score (nSPS) is 16.7. The quantitative estimate of drug-likeness (QED) is 0.703. The molecular weight excluding hydrogens is 298 g/mol. The van der Waals surface area contributed by atoms with E-state index in [4.69, 9.17) is 4.42 Å². The first-order valence-electron chi connectivity index (χ1n) is 8.23. The highest BCUT2D eigenvalue weighted by Crippen LogP contribution is 2.36. The Labute approximate surface area is 141 Å². The lowest BCUT2D eigenvalue weighted by molar-refractivity contribution is 0.0662. The first kappa shape index (κ1) is 14.8. The van der Waals surface area contributed by atoms with E-state index in [9.17, 15) is 4.79 Å². The molecule has 3 aromatic rings. The summed E-state index contributed by atoms with van der Waals surface area (Å²) >= 11 is 0. The third kappa shape index (κ3) is 2.52. The number of hydrogen-bond acceptors (Lipinski definition) is 2. The Morgan fingerprint density at radius 2 is 1.83 bits per heavy atom. The third-order valence-corrected chi connectivity index (χ3v) is 4.67. The molecule has 0 N–H and O–H groups in total. The lowest BCUT2D eigenvalue weighted by atomic mass is 9.87. The summed E-state index contributed by atoms with van der Waals surface area (Å²) in [5, 5.41) is 0. The standard InChI is InChI=1S/C21H19NO2/c1-15-8-10-17(11-9-15)20-18-6-3-2-5-16(18)12-13-22(20)21(23)19-7-4-14-24-19/h2-11,14,20H,12-13H2,1H3/t20-/m0/s1. The molecule has 1 aliphatic rings. The number of carbonyl (C=O) groups excluding carboxylic acids is 1. The van der Waals surface area contributed by atoms with Crippen molar-refractivity contribution >= 4 is 5.91 Å². The van der Waals surface area contributed by atoms with Crippen molar-refractivity contribution in [2.24, 2.45) is 0 Å². The van der Waals surface area contributed by atoms with E-state index in [1.807, 2.05) is 11.0 Å². The summed E-state index contributed by atoms with van der Waals surface area (Å²) in [5.74, 6) is 0.339. The van der Waals surface area contributed by atoms with Gasteiger partial charge in [-0.25, -0.2) is 0 Å². The Morgan fingerprint density at radius 3 is 2.58 bits per heavy atom. The van der Waals surface area contributed by atoms with Crippen LogP contribution >= 0.6 is 0 Å². The molecule has 0 aliphatic carbocycles. The molecular formula is C21H19NO2. The summed E-state index contributed by atoms with van der Waals surface area (Å²) in [6.07, 6.45) is 2.41. The van der Waals surface area contributed by atoms with Gasteiger partial charge in [-0.05, 0) is 42.2 Å². The van der Waals surface area contributed by atoms with Crippen molar-refractivity contribution < 1.29 is 9.21 Å². The van der Waals surface area contributed by atoms with Crippen LogP contribution in [-0.2, 0) is 6.42 Å². The number of aryl methyl sites for hydroxylation is 1. The van der Waals surface area contributed by atoms with Crippen LogP contribution < -0.4 is 0 Å². The van der Waals surface area contributed by atoms with Crippen LogP contribution in [0.3, 0.4) is 0 Å². The van der Waals surface area contributed by atoms with Gasteiger partial charge in [0.25, 0.3) is 5.91 Å². The first-order chi connectivity index (χ1) is 11.7. The van der Waals surface area contributed by atoms with Gasteiger partial charge in [0.1, 0.15) is 0 Å². The molecule has 0 unspecified atom stereocenters. The van der Waals surface area contributed by atoms with Crippen LogP contribution in [0, 0.1) is 6.92 Å². The molecule has 2 aromatic carbocycles. The topological polar surface area (TPSA) is 33.5 Å². The number of nitrogens with zero attached hydrogens (tertiary/aromatic N) is 1. The minimum atomic E-state index is -0.0758. The molecule has 0 radical (unpaired) electrons. The summed E-state index contributed by atoms with van der Waals surface area (Å²) in [6, 6.07) is 20.2. The molecule has 2 heterocycles. The maximum Gasteiger partial charge on any atom is 0.290 e. The van der Waals surface area contributed by atoms with Crippen molar-refractivity contribution in [3.63, 3.8) is 0 Å². The van der Waals surface area contributed by atoms with Gasteiger partial charge >= 0.3 is 0 Å². The van der Waals surface area contributed by atoms with Gasteiger partial charge in [0, 0.05) is 6.54 Å². The van der Waals surface area contributed by atoms with Gasteiger partial charge in [0.15, 0.2) is 5.76 Å². The number of rotatable bonds is 2. The third-order valence-electron chi connectivity index (χ3n) is 4.67. The Morgan fingerprint density at radius 1 is 1.04 bits per heavy atom. The smallest absolute Gasteiger partial charge is 0.290 e. The zero-order valence-corrected chi connectivity index (χ0v) is 13.6. The van der Waals surface area contributed by atoms with E-state index < -0.39 is 0 Å². The molecule has 4 rings (SSSR count). The molecule has 3 heteroatoms. The SMILES string of the molecule is Cc1ccc([C@H]2c3ccccc3CCN2C(=O)c2ccco2)cc1. The first-order valence-corrected chi connectivity index (χ1v) is 8.23. The van der Waals surface area contributed by atoms with Crippen molar-refractivity contribution in [1.29, 1.82) is 0 Å². The zero-order chi connectivity index (χ0) is 16.5. The van der Waals surface area contributed by atoms with Crippen molar-refractivity contribution in [2.75, 3.05) is 6.54 Å². The second-order valence-electron chi connectivity index (χ2n) is 6.24. The van der Waals surface area contributed by atoms with Crippen LogP contribution in [0.25, 0.3) is 0 Å². The molecule has 120 valence electrons. The molecule has 1 atom stereocenters. The molecule has 1 aliphatic heterocycles. The summed E-state index contributed by atoms with van der Waals surface area (Å²) in [6.45, 7) is 2.76. The Bertz CT molecular complexity index is 850. The summed E-state index contributed by atoms with van der Waals surface area (Å²) in [4.78, 5) is 14.9. The van der Waals surface area contributed by atoms with Gasteiger partial charge in [0.05, 0.1) is 12.3 Å². The second-order valence-corrected chi connectivity index (χ2v) is 6.24. The van der Waals surface area contributed by atoms with Crippen LogP contribution in [0.5, 0.6) is 0 Å². The second kappa shape index (κ2) is 6.00. The van der Waals surface area contributed by atoms with Crippen LogP contribution in [0.4, 0.5) is 0 Å². The molecule has 0 spiro atoms. The summed E-state index contributed by atoms with van der Waals surface area (Å²) in [7, 11) is 0. The summed E-state index contributed by atoms with van der Waals surface area (Å²) in [5.41, 5.74) is 4.86. The maximum atomic E-state index is 13.0. The van der Waals surface area contributed by atoms with E-state index in [1.165, 1.54) is 16.7 Å². The number of benzene rings is 2. The number of hydrogen-bond donors (Lipinski definition) is 0. The number of amides is 1. The minimum absolute atomic E-state index is 0.0555. The van der Waals surface area contributed by atoms with Gasteiger partial charge in [-0.15, -0.1) is 0 Å². The maximum absolute atomic E-state index is 13.0. The van der Waals surface area contributed by atoms with E-state index in [1.54, 1.807) is 18.4 Å². The largest absolute Gasteiger partial charge is 0.459 e. The molecule has 3 nitrogen and oxygen atoms in total. The van der Waals surface area contributed by atoms with Crippen molar-refractivity contribution in [1.82, 2.24) is 4.90 Å². The Hall–Kier alpha value is -2.81. The van der Waals surface area contributed by atoms with Crippen molar-refractivity contribution in [2.45, 2.75) is 19.4 Å². The average Bonchev–Trinajstić information content (AvgIpc) is 3.16. The Kier molecular flexibility index (Phi) is 3.69. The highest BCUT2D eigenvalue weighted by atomic mass is 16.3. The fraction of sp³-hybridized carbons (Fsp3) is 0.190. The van der Waals surface area contributed by atoms with Gasteiger partial charge in [0.2, 0.25) is 0 Å². The number of carbonyl (C=O) groups is 1. The molecule has 0 fully saturated rings. The molecule has 0 bridgehead atoms. The molecule has 0 saturated carbocycles. The van der Waals surface area contributed by atoms with Gasteiger partial charge in [-0.1, -0.05) is 54.1 Å². The van der Waals surface area contributed by atoms with E-state index >= 15 is 0 Å². The van der Waals surface area contributed by atoms with E-state index in [0.29, 0.717) is 12.3 Å². The molecule has 1 aromatic heterocycles. The fourth-order valence-corrected chi connectivity index (χ4v) is 3.44. The lowest BCUT2D eigenvalue weighted by Gasteiger charge is -2.37. The lowest BCUT2D eigenvalue weighted by Crippen LogP contribution is -2.40. The van der Waals surface area contributed by atoms with Crippen molar-refractivity contribution in [3.05, 3.63) is 94.9 Å². The van der Waals surface area contributed by atoms with E-state index in [-0.39, 0.29) is 11.9 Å². The van der Waals surface area contributed by atoms with Crippen LogP contribution in [0.15, 0.2) is 71.3 Å². The Balaban J connectivity index is 1.81. The number of fused-ring (bicyclic) bond motifs is 1. The average molecular weight is 317 g/mol. The fourth-order valence-electron chi connectivity index (χ4n) is 3.44. The van der Waals surface area contributed by atoms with Gasteiger partial charge in [-0.2, -0.15) is 0 Å². The molecule has 1 amide bonds. The van der Waals surface area contributed by atoms with Crippen LogP contribution in [0.2, 0.25) is 0 Å². The summed E-state index contributed by atoms with van der Waals surface area (Å²) < 4.78 is 5.35. The number of furan rings is 1. The van der Waals surface area contributed by atoms with Crippen LogP contribution in [-0.4, -0.2) is 17.4 Å². The predicted molar refractivity (Wildman–Crippen MR) is 92.9 cm³/mol. The molecule has 24 heavy (non-hydrogen) atoms. The van der Waals surface area contributed by atoms with Gasteiger partial charge < -0.3 is 9.32 Å². The minimum Gasteiger partial charge on any atom is -0.459 e.